The van der Waals surface area contributed by atoms with Crippen LogP contribution in [-0.4, -0.2) is 32.2 Å². The normalized spacial score (nSPS) is 14.3. The van der Waals surface area contributed by atoms with Crippen LogP contribution in [0.15, 0.2) is 57.7 Å². The van der Waals surface area contributed by atoms with Crippen molar-refractivity contribution in [3.63, 3.8) is 0 Å². The highest BCUT2D eigenvalue weighted by molar-refractivity contribution is 6.08. The van der Waals surface area contributed by atoms with Crippen LogP contribution in [0.2, 0.25) is 0 Å². The van der Waals surface area contributed by atoms with E-state index in [2.05, 4.69) is 5.32 Å². The molecule has 2 aromatic carbocycles. The van der Waals surface area contributed by atoms with Crippen LogP contribution in [0, 0.1) is 5.82 Å². The quantitative estimate of drug-likeness (QED) is 0.720. The number of morpholine rings is 1. The molecule has 0 saturated carbocycles. The van der Waals surface area contributed by atoms with Crippen molar-refractivity contribution in [1.82, 2.24) is 0 Å². The first kappa shape index (κ1) is 17.2. The van der Waals surface area contributed by atoms with Gasteiger partial charge in [-0.15, -0.1) is 0 Å². The van der Waals surface area contributed by atoms with Gasteiger partial charge in [0.2, 0.25) is 0 Å². The van der Waals surface area contributed by atoms with Gasteiger partial charge in [-0.3, -0.25) is 4.79 Å². The number of ether oxygens (including phenoxy) is 1. The minimum Gasteiger partial charge on any atom is -0.421 e. The average molecular weight is 368 g/mol. The molecule has 0 atom stereocenters. The van der Waals surface area contributed by atoms with Crippen LogP contribution in [0.25, 0.3) is 11.0 Å². The second-order valence-electron chi connectivity index (χ2n) is 6.17. The molecule has 4 rings (SSSR count). The fourth-order valence-corrected chi connectivity index (χ4v) is 3.17. The zero-order chi connectivity index (χ0) is 18.8. The van der Waals surface area contributed by atoms with Crippen molar-refractivity contribution in [2.24, 2.45) is 0 Å². The number of para-hydroxylation sites is 1. The summed E-state index contributed by atoms with van der Waals surface area (Å²) in [5.74, 6) is -1.10. The monoisotopic (exact) mass is 368 g/mol. The number of carbonyl (C=O) groups excluding carboxylic acids is 1. The Hall–Kier alpha value is -3.19. The van der Waals surface area contributed by atoms with Gasteiger partial charge in [0.1, 0.15) is 11.4 Å². The molecule has 1 aliphatic rings. The number of hydrogen-bond donors (Lipinski definition) is 1. The van der Waals surface area contributed by atoms with E-state index in [-0.39, 0.29) is 11.3 Å². The minimum atomic E-state index is -0.653. The number of nitrogens with one attached hydrogen (secondary N) is 1. The van der Waals surface area contributed by atoms with Gasteiger partial charge >= 0.3 is 5.63 Å². The van der Waals surface area contributed by atoms with E-state index >= 15 is 0 Å². The lowest BCUT2D eigenvalue weighted by molar-refractivity contribution is 0.102. The summed E-state index contributed by atoms with van der Waals surface area (Å²) in [6.45, 7) is 2.20. The van der Waals surface area contributed by atoms with Gasteiger partial charge in [-0.05, 0) is 30.3 Å². The number of hydrogen-bond acceptors (Lipinski definition) is 5. The van der Waals surface area contributed by atoms with Crippen molar-refractivity contribution in [2.45, 2.75) is 0 Å². The molecule has 0 radical (unpaired) electrons. The van der Waals surface area contributed by atoms with Crippen molar-refractivity contribution in [2.75, 3.05) is 36.5 Å². The predicted molar refractivity (Wildman–Crippen MR) is 99.9 cm³/mol. The predicted octanol–water partition coefficient (Wildman–Crippen LogP) is 3.02. The molecule has 3 aromatic rings. The first-order valence-electron chi connectivity index (χ1n) is 8.59. The van der Waals surface area contributed by atoms with Gasteiger partial charge in [0.25, 0.3) is 5.91 Å². The molecule has 0 spiro atoms. The highest BCUT2D eigenvalue weighted by Gasteiger charge is 2.23. The fourth-order valence-electron chi connectivity index (χ4n) is 3.17. The SMILES string of the molecule is O=C(Nc1c(N2CCOCC2)c2ccccc2oc1=O)c1cccc(F)c1. The number of fused-ring (bicyclic) bond motifs is 1. The van der Waals surface area contributed by atoms with Gasteiger partial charge in [0.05, 0.1) is 18.9 Å². The second kappa shape index (κ2) is 7.20. The Morgan fingerprint density at radius 3 is 2.63 bits per heavy atom. The zero-order valence-corrected chi connectivity index (χ0v) is 14.4. The number of carbonyl (C=O) groups is 1. The lowest BCUT2D eigenvalue weighted by atomic mass is 10.1. The Morgan fingerprint density at radius 2 is 1.85 bits per heavy atom. The molecule has 0 bridgehead atoms. The second-order valence-corrected chi connectivity index (χ2v) is 6.17. The Kier molecular flexibility index (Phi) is 4.60. The summed E-state index contributed by atoms with van der Waals surface area (Å²) in [7, 11) is 0. The third-order valence-corrected chi connectivity index (χ3v) is 4.44. The molecule has 1 aromatic heterocycles. The van der Waals surface area contributed by atoms with Crippen LogP contribution >= 0.6 is 0 Å². The summed E-state index contributed by atoms with van der Waals surface area (Å²) >= 11 is 0. The maximum atomic E-state index is 13.4. The van der Waals surface area contributed by atoms with E-state index in [1.54, 1.807) is 12.1 Å². The maximum absolute atomic E-state index is 13.4. The van der Waals surface area contributed by atoms with E-state index in [1.165, 1.54) is 18.2 Å². The topological polar surface area (TPSA) is 71.8 Å². The summed E-state index contributed by atoms with van der Waals surface area (Å²) in [4.78, 5) is 27.2. The molecule has 6 nitrogen and oxygen atoms in total. The van der Waals surface area contributed by atoms with Crippen molar-refractivity contribution in [3.05, 3.63) is 70.3 Å². The van der Waals surface area contributed by atoms with Crippen molar-refractivity contribution < 1.29 is 18.3 Å². The largest absolute Gasteiger partial charge is 0.421 e. The molecule has 1 aliphatic heterocycles. The number of rotatable bonds is 3. The van der Waals surface area contributed by atoms with E-state index < -0.39 is 17.3 Å². The number of halogens is 1. The Bertz CT molecular complexity index is 1060. The molecular formula is C20H17FN2O4. The minimum absolute atomic E-state index is 0.0462. The zero-order valence-electron chi connectivity index (χ0n) is 14.4. The first-order valence-corrected chi connectivity index (χ1v) is 8.59. The third-order valence-electron chi connectivity index (χ3n) is 4.44. The summed E-state index contributed by atoms with van der Waals surface area (Å²) < 4.78 is 24.2. The van der Waals surface area contributed by atoms with E-state index in [0.29, 0.717) is 43.0 Å². The maximum Gasteiger partial charge on any atom is 0.362 e. The molecule has 27 heavy (non-hydrogen) atoms. The average Bonchev–Trinajstić information content (AvgIpc) is 2.69. The number of anilines is 2. The molecule has 1 N–H and O–H groups in total. The van der Waals surface area contributed by atoms with Gasteiger partial charge in [0, 0.05) is 24.0 Å². The molecular weight excluding hydrogens is 351 g/mol. The molecule has 0 aliphatic carbocycles. The smallest absolute Gasteiger partial charge is 0.362 e. The molecule has 1 fully saturated rings. The van der Waals surface area contributed by atoms with Crippen LogP contribution in [-0.2, 0) is 4.74 Å². The summed E-state index contributed by atoms with van der Waals surface area (Å²) in [6, 6.07) is 12.4. The number of amides is 1. The highest BCUT2D eigenvalue weighted by atomic mass is 19.1. The standard InChI is InChI=1S/C20H17FN2O4/c21-14-5-3-4-13(12-14)19(24)22-17-18(23-8-10-26-11-9-23)15-6-1-2-7-16(15)27-20(17)25/h1-7,12H,8-11H2,(H,22,24). The Morgan fingerprint density at radius 1 is 1.07 bits per heavy atom. The summed E-state index contributed by atoms with van der Waals surface area (Å²) in [5.41, 5.74) is 0.544. The molecule has 2 heterocycles. The summed E-state index contributed by atoms with van der Waals surface area (Å²) in [5, 5.41) is 3.33. The van der Waals surface area contributed by atoms with E-state index in [1.807, 2.05) is 17.0 Å². The molecule has 138 valence electrons. The van der Waals surface area contributed by atoms with Crippen LogP contribution in [0.4, 0.5) is 15.8 Å². The van der Waals surface area contributed by atoms with Crippen LogP contribution in [0.3, 0.4) is 0 Å². The first-order chi connectivity index (χ1) is 13.1. The van der Waals surface area contributed by atoms with Gasteiger partial charge in [-0.25, -0.2) is 9.18 Å². The highest BCUT2D eigenvalue weighted by Crippen LogP contribution is 2.33. The van der Waals surface area contributed by atoms with E-state index in [4.69, 9.17) is 9.15 Å². The van der Waals surface area contributed by atoms with Crippen molar-refractivity contribution >= 4 is 28.3 Å². The van der Waals surface area contributed by atoms with Crippen LogP contribution < -0.4 is 15.8 Å². The van der Waals surface area contributed by atoms with Crippen molar-refractivity contribution in [1.29, 1.82) is 0 Å². The Balaban J connectivity index is 1.82. The molecule has 0 unspecified atom stereocenters. The Labute approximate surface area is 154 Å². The summed E-state index contributed by atoms with van der Waals surface area (Å²) in [6.07, 6.45) is 0. The molecule has 7 heteroatoms. The van der Waals surface area contributed by atoms with Crippen molar-refractivity contribution in [3.8, 4) is 0 Å². The molecule has 1 saturated heterocycles. The van der Waals surface area contributed by atoms with Gasteiger partial charge < -0.3 is 19.4 Å². The fraction of sp³-hybridized carbons (Fsp3) is 0.200. The molecule has 1 amide bonds. The van der Waals surface area contributed by atoms with Gasteiger partial charge in [-0.2, -0.15) is 0 Å². The third kappa shape index (κ3) is 3.41. The van der Waals surface area contributed by atoms with E-state index in [9.17, 15) is 14.0 Å². The van der Waals surface area contributed by atoms with Crippen LogP contribution in [0.1, 0.15) is 10.4 Å². The lowest BCUT2D eigenvalue weighted by Gasteiger charge is -2.30. The van der Waals surface area contributed by atoms with Gasteiger partial charge in [0.15, 0.2) is 5.69 Å². The number of nitrogens with zero attached hydrogens (tertiary/aromatic N) is 1. The number of benzene rings is 2. The van der Waals surface area contributed by atoms with Crippen LogP contribution in [0.5, 0.6) is 0 Å². The lowest BCUT2D eigenvalue weighted by Crippen LogP contribution is -2.37. The van der Waals surface area contributed by atoms with Gasteiger partial charge in [-0.1, -0.05) is 18.2 Å². The van der Waals surface area contributed by atoms with E-state index in [0.717, 1.165) is 6.07 Å².